The minimum absolute atomic E-state index is 0.166. The van der Waals surface area contributed by atoms with Crippen molar-refractivity contribution in [2.45, 2.75) is 13.0 Å². The van der Waals surface area contributed by atoms with Gasteiger partial charge >= 0.3 is 6.03 Å². The summed E-state index contributed by atoms with van der Waals surface area (Å²) in [7, 11) is 0. The van der Waals surface area contributed by atoms with Gasteiger partial charge in [0.2, 0.25) is 0 Å². The van der Waals surface area contributed by atoms with Crippen molar-refractivity contribution in [3.8, 4) is 11.3 Å². The summed E-state index contributed by atoms with van der Waals surface area (Å²) in [5, 5.41) is 8.34. The lowest BCUT2D eigenvalue weighted by atomic mass is 10.0. The molecule has 4 rings (SSSR count). The molecule has 0 saturated heterocycles. The number of carbonyl (C=O) groups is 1. The zero-order valence-electron chi connectivity index (χ0n) is 13.7. The van der Waals surface area contributed by atoms with Crippen molar-refractivity contribution in [1.82, 2.24) is 10.1 Å². The molecule has 0 aliphatic carbocycles. The van der Waals surface area contributed by atoms with E-state index >= 15 is 0 Å². The molecule has 7 heteroatoms. The van der Waals surface area contributed by atoms with Gasteiger partial charge in [-0.2, -0.15) is 0 Å². The second-order valence-electron chi connectivity index (χ2n) is 6.05. The number of urea groups is 1. The van der Waals surface area contributed by atoms with Crippen LogP contribution in [0.1, 0.15) is 11.3 Å². The molecule has 0 bridgehead atoms. The molecule has 3 aromatic rings. The Morgan fingerprint density at radius 3 is 2.38 bits per heavy atom. The largest absolute Gasteiger partial charge is 0.356 e. The summed E-state index contributed by atoms with van der Waals surface area (Å²) in [5.74, 6) is 0.681. The van der Waals surface area contributed by atoms with Crippen LogP contribution in [0.5, 0.6) is 0 Å². The number of aromatic nitrogens is 1. The monoisotopic (exact) mass is 387 g/mol. The van der Waals surface area contributed by atoms with Crippen molar-refractivity contribution >= 4 is 34.9 Å². The molecule has 0 saturated carbocycles. The van der Waals surface area contributed by atoms with Crippen LogP contribution < -0.4 is 5.32 Å². The molecule has 1 aliphatic rings. The van der Waals surface area contributed by atoms with Crippen LogP contribution in [0.2, 0.25) is 10.0 Å². The number of carbonyl (C=O) groups excluding carboxylic acids is 1. The fourth-order valence-electron chi connectivity index (χ4n) is 2.95. The average Bonchev–Trinajstić information content (AvgIpc) is 3.07. The first-order valence-corrected chi connectivity index (χ1v) is 8.90. The molecular formula is C19H15Cl2N3O2. The van der Waals surface area contributed by atoms with Gasteiger partial charge < -0.3 is 14.7 Å². The van der Waals surface area contributed by atoms with Crippen LogP contribution >= 0.6 is 23.2 Å². The standard InChI is InChI=1S/C19H15Cl2N3O2/c20-13-3-1-12(2-4-13)18-16-11-24(10-9-17(16)23-26-18)19(25)22-15-7-5-14(21)6-8-15/h1-8H,9-11H2,(H,22,25). The Morgan fingerprint density at radius 2 is 1.69 bits per heavy atom. The molecule has 132 valence electrons. The third-order valence-corrected chi connectivity index (χ3v) is 4.83. The van der Waals surface area contributed by atoms with E-state index in [0.29, 0.717) is 41.0 Å². The number of nitrogens with zero attached hydrogens (tertiary/aromatic N) is 2. The van der Waals surface area contributed by atoms with Crippen LogP contribution in [0.3, 0.4) is 0 Å². The third kappa shape index (κ3) is 3.41. The SMILES string of the molecule is O=C(Nc1ccc(Cl)cc1)N1CCc2noc(-c3ccc(Cl)cc3)c2C1. The Hall–Kier alpha value is -2.50. The van der Waals surface area contributed by atoms with E-state index in [1.54, 1.807) is 41.3 Å². The minimum atomic E-state index is -0.166. The zero-order chi connectivity index (χ0) is 18.1. The number of rotatable bonds is 2. The number of benzene rings is 2. The van der Waals surface area contributed by atoms with E-state index in [9.17, 15) is 4.79 Å². The Balaban J connectivity index is 1.53. The lowest BCUT2D eigenvalue weighted by molar-refractivity contribution is 0.206. The third-order valence-electron chi connectivity index (χ3n) is 4.33. The predicted molar refractivity (Wildman–Crippen MR) is 102 cm³/mol. The van der Waals surface area contributed by atoms with Crippen molar-refractivity contribution < 1.29 is 9.32 Å². The Labute approximate surface area is 160 Å². The topological polar surface area (TPSA) is 58.4 Å². The van der Waals surface area contributed by atoms with Crippen LogP contribution in [0, 0.1) is 0 Å². The lowest BCUT2D eigenvalue weighted by Crippen LogP contribution is -2.38. The average molecular weight is 388 g/mol. The molecule has 5 nitrogen and oxygen atoms in total. The maximum atomic E-state index is 12.6. The summed E-state index contributed by atoms with van der Waals surface area (Å²) >= 11 is 11.8. The molecule has 0 unspecified atom stereocenters. The molecular weight excluding hydrogens is 373 g/mol. The first-order chi connectivity index (χ1) is 12.6. The number of hydrogen-bond acceptors (Lipinski definition) is 3. The molecule has 1 aliphatic heterocycles. The first kappa shape index (κ1) is 16.9. The van der Waals surface area contributed by atoms with Crippen molar-refractivity contribution in [3.05, 3.63) is 69.8 Å². The number of fused-ring (bicyclic) bond motifs is 1. The van der Waals surface area contributed by atoms with Gasteiger partial charge in [-0.1, -0.05) is 28.4 Å². The minimum Gasteiger partial charge on any atom is -0.356 e. The molecule has 2 aromatic carbocycles. The van der Waals surface area contributed by atoms with E-state index in [1.165, 1.54) is 0 Å². The maximum absolute atomic E-state index is 12.6. The molecule has 2 heterocycles. The first-order valence-electron chi connectivity index (χ1n) is 8.15. The number of halogens is 2. The van der Waals surface area contributed by atoms with Crippen molar-refractivity contribution in [2.24, 2.45) is 0 Å². The lowest BCUT2D eigenvalue weighted by Gasteiger charge is -2.26. The van der Waals surface area contributed by atoms with Gasteiger partial charge in [0.1, 0.15) is 0 Å². The van der Waals surface area contributed by atoms with Gasteiger partial charge in [0.25, 0.3) is 0 Å². The summed E-state index contributed by atoms with van der Waals surface area (Å²) < 4.78 is 5.54. The zero-order valence-corrected chi connectivity index (χ0v) is 15.2. The summed E-state index contributed by atoms with van der Waals surface area (Å²) in [5.41, 5.74) is 3.42. The number of amides is 2. The highest BCUT2D eigenvalue weighted by molar-refractivity contribution is 6.30. The van der Waals surface area contributed by atoms with E-state index in [4.69, 9.17) is 27.7 Å². The highest BCUT2D eigenvalue weighted by Crippen LogP contribution is 2.31. The van der Waals surface area contributed by atoms with E-state index in [0.717, 1.165) is 16.8 Å². The van der Waals surface area contributed by atoms with Crippen molar-refractivity contribution in [1.29, 1.82) is 0 Å². The fraction of sp³-hybridized carbons (Fsp3) is 0.158. The summed E-state index contributed by atoms with van der Waals surface area (Å²) in [4.78, 5) is 14.3. The van der Waals surface area contributed by atoms with Gasteiger partial charge in [0.05, 0.1) is 12.2 Å². The maximum Gasteiger partial charge on any atom is 0.322 e. The second-order valence-corrected chi connectivity index (χ2v) is 6.93. The summed E-state index contributed by atoms with van der Waals surface area (Å²) in [6.45, 7) is 1.02. The molecule has 1 N–H and O–H groups in total. The van der Waals surface area contributed by atoms with Gasteiger partial charge in [-0.25, -0.2) is 4.79 Å². The van der Waals surface area contributed by atoms with Crippen LogP contribution in [0.4, 0.5) is 10.5 Å². The smallest absolute Gasteiger partial charge is 0.322 e. The molecule has 1 aromatic heterocycles. The number of nitrogens with one attached hydrogen (secondary N) is 1. The van der Waals surface area contributed by atoms with Crippen LogP contribution in [-0.2, 0) is 13.0 Å². The molecule has 0 atom stereocenters. The van der Waals surface area contributed by atoms with E-state index in [-0.39, 0.29) is 6.03 Å². The number of hydrogen-bond donors (Lipinski definition) is 1. The van der Waals surface area contributed by atoms with E-state index < -0.39 is 0 Å². The second kappa shape index (κ2) is 7.02. The highest BCUT2D eigenvalue weighted by atomic mass is 35.5. The molecule has 0 spiro atoms. The van der Waals surface area contributed by atoms with Gasteiger partial charge in [-0.15, -0.1) is 0 Å². The van der Waals surface area contributed by atoms with Crippen molar-refractivity contribution in [3.63, 3.8) is 0 Å². The van der Waals surface area contributed by atoms with Crippen LogP contribution in [-0.4, -0.2) is 22.6 Å². The van der Waals surface area contributed by atoms with Gasteiger partial charge in [0.15, 0.2) is 5.76 Å². The predicted octanol–water partition coefficient (Wildman–Crippen LogP) is 5.24. The van der Waals surface area contributed by atoms with Crippen LogP contribution in [0.25, 0.3) is 11.3 Å². The van der Waals surface area contributed by atoms with E-state index in [1.807, 2.05) is 12.1 Å². The highest BCUT2D eigenvalue weighted by Gasteiger charge is 2.27. The molecule has 26 heavy (non-hydrogen) atoms. The Bertz CT molecular complexity index is 936. The van der Waals surface area contributed by atoms with Crippen molar-refractivity contribution in [2.75, 3.05) is 11.9 Å². The quantitative estimate of drug-likeness (QED) is 0.653. The van der Waals surface area contributed by atoms with Gasteiger partial charge in [0, 0.05) is 39.8 Å². The molecule has 0 fully saturated rings. The molecule has 2 amide bonds. The summed E-state index contributed by atoms with van der Waals surface area (Å²) in [6, 6.07) is 14.2. The Morgan fingerprint density at radius 1 is 1.04 bits per heavy atom. The van der Waals surface area contributed by atoms with E-state index in [2.05, 4.69) is 10.5 Å². The molecule has 0 radical (unpaired) electrons. The normalized spacial score (nSPS) is 13.4. The fourth-order valence-corrected chi connectivity index (χ4v) is 3.20. The summed E-state index contributed by atoms with van der Waals surface area (Å²) in [6.07, 6.45) is 0.653. The van der Waals surface area contributed by atoms with Gasteiger partial charge in [-0.3, -0.25) is 0 Å². The Kier molecular flexibility index (Phi) is 4.57. The number of anilines is 1. The van der Waals surface area contributed by atoms with Crippen LogP contribution in [0.15, 0.2) is 53.1 Å². The van der Waals surface area contributed by atoms with Gasteiger partial charge in [-0.05, 0) is 48.5 Å².